The molecule has 4 heteroatoms. The molecule has 1 heterocycles. The first kappa shape index (κ1) is 9.06. The minimum atomic E-state index is 0.0463. The average molecular weight is 182 g/mol. The van der Waals surface area contributed by atoms with Gasteiger partial charge in [0, 0.05) is 11.8 Å². The molecular formula is C8H10N2OS. The van der Waals surface area contributed by atoms with Gasteiger partial charge in [-0.2, -0.15) is 0 Å². The fourth-order valence-corrected chi connectivity index (χ4v) is 1.29. The Kier molecular flexibility index (Phi) is 3.10. The van der Waals surface area contributed by atoms with Crippen LogP contribution >= 0.6 is 11.8 Å². The average Bonchev–Trinajstić information content (AvgIpc) is 2.06. The molecule has 1 aromatic rings. The molecule has 0 bridgehead atoms. The van der Waals surface area contributed by atoms with Crippen LogP contribution in [0.3, 0.4) is 0 Å². The third-order valence-electron chi connectivity index (χ3n) is 1.30. The Labute approximate surface area is 75.4 Å². The molecule has 12 heavy (non-hydrogen) atoms. The van der Waals surface area contributed by atoms with Crippen LogP contribution in [0.5, 0.6) is 0 Å². The maximum absolute atomic E-state index is 11.2. The Morgan fingerprint density at radius 2 is 2.42 bits per heavy atom. The van der Waals surface area contributed by atoms with Gasteiger partial charge in [0.15, 0.2) is 0 Å². The number of nitrogens with zero attached hydrogens (tertiary/aromatic N) is 1. The van der Waals surface area contributed by atoms with Gasteiger partial charge in [0.1, 0.15) is 5.82 Å². The van der Waals surface area contributed by atoms with Crippen LogP contribution in [0.1, 0.15) is 17.3 Å². The molecule has 0 aliphatic carbocycles. The van der Waals surface area contributed by atoms with Gasteiger partial charge < -0.3 is 5.73 Å². The van der Waals surface area contributed by atoms with Crippen molar-refractivity contribution in [2.75, 3.05) is 11.5 Å². The molecule has 0 atom stereocenters. The molecular weight excluding hydrogens is 172 g/mol. The first-order valence-corrected chi connectivity index (χ1v) is 4.61. The van der Waals surface area contributed by atoms with Gasteiger partial charge in [0.2, 0.25) is 5.12 Å². The number of nitrogen functional groups attached to an aromatic ring is 1. The van der Waals surface area contributed by atoms with Crippen LogP contribution < -0.4 is 5.73 Å². The van der Waals surface area contributed by atoms with Crippen LogP contribution in [0.4, 0.5) is 5.82 Å². The third-order valence-corrected chi connectivity index (χ3v) is 2.08. The second-order valence-electron chi connectivity index (χ2n) is 2.19. The maximum Gasteiger partial charge on any atom is 0.220 e. The Balaban J connectivity index is 2.75. The summed E-state index contributed by atoms with van der Waals surface area (Å²) < 4.78 is 0. The number of carbonyl (C=O) groups excluding carboxylic acids is 1. The normalized spacial score (nSPS) is 9.75. The SMILES string of the molecule is CCSC(=O)c1ccc(N)nc1. The van der Waals surface area contributed by atoms with Gasteiger partial charge in [-0.05, 0) is 17.9 Å². The van der Waals surface area contributed by atoms with Crippen LogP contribution in [0.2, 0.25) is 0 Å². The topological polar surface area (TPSA) is 56.0 Å². The number of nitrogens with two attached hydrogens (primary N) is 1. The van der Waals surface area contributed by atoms with E-state index >= 15 is 0 Å². The van der Waals surface area contributed by atoms with Crippen molar-refractivity contribution < 1.29 is 4.79 Å². The van der Waals surface area contributed by atoms with Crippen molar-refractivity contribution in [1.82, 2.24) is 4.98 Å². The Morgan fingerprint density at radius 1 is 1.67 bits per heavy atom. The van der Waals surface area contributed by atoms with E-state index in [9.17, 15) is 4.79 Å². The number of aromatic nitrogens is 1. The molecule has 0 fully saturated rings. The highest BCUT2D eigenvalue weighted by Gasteiger charge is 2.04. The summed E-state index contributed by atoms with van der Waals surface area (Å²) in [5, 5.41) is 0.0463. The largest absolute Gasteiger partial charge is 0.384 e. The fourth-order valence-electron chi connectivity index (χ4n) is 0.740. The van der Waals surface area contributed by atoms with E-state index in [2.05, 4.69) is 4.98 Å². The molecule has 1 aromatic heterocycles. The van der Waals surface area contributed by atoms with Crippen molar-refractivity contribution in [2.24, 2.45) is 0 Å². The summed E-state index contributed by atoms with van der Waals surface area (Å²) in [5.74, 6) is 1.22. The molecule has 0 radical (unpaired) electrons. The number of rotatable bonds is 2. The van der Waals surface area contributed by atoms with Crippen LogP contribution in [0.25, 0.3) is 0 Å². The molecule has 0 spiro atoms. The second kappa shape index (κ2) is 4.11. The van der Waals surface area contributed by atoms with Crippen LogP contribution in [-0.2, 0) is 0 Å². The van der Waals surface area contributed by atoms with Crippen molar-refractivity contribution in [1.29, 1.82) is 0 Å². The summed E-state index contributed by atoms with van der Waals surface area (Å²) in [6.45, 7) is 1.94. The van der Waals surface area contributed by atoms with Crippen molar-refractivity contribution in [2.45, 2.75) is 6.92 Å². The van der Waals surface area contributed by atoms with Gasteiger partial charge >= 0.3 is 0 Å². The van der Waals surface area contributed by atoms with Gasteiger partial charge in [0.25, 0.3) is 0 Å². The first-order valence-electron chi connectivity index (χ1n) is 3.62. The zero-order valence-electron chi connectivity index (χ0n) is 6.78. The summed E-state index contributed by atoms with van der Waals surface area (Å²) in [4.78, 5) is 15.1. The molecule has 0 aliphatic heterocycles. The standard InChI is InChI=1S/C8H10N2OS/c1-2-12-8(11)6-3-4-7(9)10-5-6/h3-5H,2H2,1H3,(H2,9,10). The van der Waals surface area contributed by atoms with E-state index in [1.165, 1.54) is 18.0 Å². The molecule has 64 valence electrons. The quantitative estimate of drug-likeness (QED) is 0.754. The molecule has 0 amide bonds. The predicted octanol–water partition coefficient (Wildman–Crippen LogP) is 1.56. The minimum absolute atomic E-state index is 0.0463. The number of thioether (sulfide) groups is 1. The van der Waals surface area contributed by atoms with Crippen LogP contribution in [-0.4, -0.2) is 15.9 Å². The van der Waals surface area contributed by atoms with Crippen molar-refractivity contribution in [3.63, 3.8) is 0 Å². The Hall–Kier alpha value is -1.03. The number of pyridine rings is 1. The monoisotopic (exact) mass is 182 g/mol. The van der Waals surface area contributed by atoms with Gasteiger partial charge in [-0.25, -0.2) is 4.98 Å². The molecule has 0 unspecified atom stereocenters. The van der Waals surface area contributed by atoms with Crippen molar-refractivity contribution >= 4 is 22.7 Å². The Morgan fingerprint density at radius 3 is 2.92 bits per heavy atom. The zero-order chi connectivity index (χ0) is 8.97. The zero-order valence-corrected chi connectivity index (χ0v) is 7.60. The highest BCUT2D eigenvalue weighted by Crippen LogP contribution is 2.11. The van der Waals surface area contributed by atoms with Crippen molar-refractivity contribution in [3.05, 3.63) is 23.9 Å². The number of hydrogen-bond donors (Lipinski definition) is 1. The van der Waals surface area contributed by atoms with E-state index in [4.69, 9.17) is 5.73 Å². The molecule has 0 aliphatic rings. The minimum Gasteiger partial charge on any atom is -0.384 e. The van der Waals surface area contributed by atoms with Gasteiger partial charge in [-0.1, -0.05) is 18.7 Å². The van der Waals surface area contributed by atoms with Gasteiger partial charge in [0.05, 0.1) is 0 Å². The Bertz CT molecular complexity index is 271. The summed E-state index contributed by atoms with van der Waals surface area (Å²) in [6.07, 6.45) is 1.50. The van der Waals surface area contributed by atoms with E-state index < -0.39 is 0 Å². The maximum atomic E-state index is 11.2. The lowest BCUT2D eigenvalue weighted by atomic mass is 10.3. The molecule has 2 N–H and O–H groups in total. The van der Waals surface area contributed by atoms with Gasteiger partial charge in [-0.15, -0.1) is 0 Å². The molecule has 1 rings (SSSR count). The number of hydrogen-bond acceptors (Lipinski definition) is 4. The van der Waals surface area contributed by atoms with Gasteiger partial charge in [-0.3, -0.25) is 4.79 Å². The summed E-state index contributed by atoms with van der Waals surface area (Å²) >= 11 is 1.27. The third kappa shape index (κ3) is 2.23. The highest BCUT2D eigenvalue weighted by atomic mass is 32.2. The summed E-state index contributed by atoms with van der Waals surface area (Å²) in [5.41, 5.74) is 5.98. The summed E-state index contributed by atoms with van der Waals surface area (Å²) in [7, 11) is 0. The van der Waals surface area contributed by atoms with E-state index in [0.29, 0.717) is 11.4 Å². The van der Waals surface area contributed by atoms with E-state index in [0.717, 1.165) is 5.75 Å². The number of anilines is 1. The van der Waals surface area contributed by atoms with Crippen molar-refractivity contribution in [3.8, 4) is 0 Å². The first-order chi connectivity index (χ1) is 5.74. The fraction of sp³-hybridized carbons (Fsp3) is 0.250. The lowest BCUT2D eigenvalue weighted by Gasteiger charge is -1.97. The second-order valence-corrected chi connectivity index (χ2v) is 3.43. The van der Waals surface area contributed by atoms with Crippen LogP contribution in [0.15, 0.2) is 18.3 Å². The molecule has 0 saturated heterocycles. The smallest absolute Gasteiger partial charge is 0.220 e. The van der Waals surface area contributed by atoms with E-state index in [1.807, 2.05) is 6.92 Å². The number of carbonyl (C=O) groups is 1. The lowest BCUT2D eigenvalue weighted by molar-refractivity contribution is 0.108. The highest BCUT2D eigenvalue weighted by molar-refractivity contribution is 8.14. The van der Waals surface area contributed by atoms with Crippen LogP contribution in [0, 0.1) is 0 Å². The predicted molar refractivity (Wildman–Crippen MR) is 51.1 cm³/mol. The van der Waals surface area contributed by atoms with E-state index in [-0.39, 0.29) is 5.12 Å². The van der Waals surface area contributed by atoms with E-state index in [1.54, 1.807) is 12.1 Å². The molecule has 3 nitrogen and oxygen atoms in total. The molecule has 0 saturated carbocycles. The summed E-state index contributed by atoms with van der Waals surface area (Å²) in [6, 6.07) is 3.32. The lowest BCUT2D eigenvalue weighted by Crippen LogP contribution is -1.96. The molecule has 0 aromatic carbocycles.